The van der Waals surface area contributed by atoms with E-state index in [1.54, 1.807) is 11.3 Å². The van der Waals surface area contributed by atoms with E-state index >= 15 is 0 Å². The highest BCUT2D eigenvalue weighted by Gasteiger charge is 2.24. The van der Waals surface area contributed by atoms with Crippen molar-refractivity contribution in [2.24, 2.45) is 5.73 Å². The molecule has 0 spiro atoms. The van der Waals surface area contributed by atoms with Crippen molar-refractivity contribution in [1.29, 1.82) is 5.41 Å². The molecule has 0 radical (unpaired) electrons. The molecule has 0 bridgehead atoms. The molecule has 1 saturated heterocycles. The molecule has 1 aromatic rings. The summed E-state index contributed by atoms with van der Waals surface area (Å²) >= 11 is 1.54. The predicted octanol–water partition coefficient (Wildman–Crippen LogP) is -0.0123. The molecule has 2 rings (SSSR count). The van der Waals surface area contributed by atoms with Crippen LogP contribution in [0.3, 0.4) is 0 Å². The largest absolute Gasteiger partial charge is 0.385 e. The second kappa shape index (κ2) is 4.11. The molecule has 1 atom stereocenters. The number of nitrogens with two attached hydrogens (primary N) is 1. The smallest absolute Gasteiger partial charge is 0.208 e. The fraction of sp³-hybridized carbons (Fsp3) is 0.625. The minimum atomic E-state index is -0.317. The SMILES string of the molecule is Cc1nnc(N2CCOC(C(=N)N)C2)s1. The third-order valence-corrected chi connectivity index (χ3v) is 3.10. The monoisotopic (exact) mass is 227 g/mol. The van der Waals surface area contributed by atoms with Gasteiger partial charge in [-0.25, -0.2) is 0 Å². The van der Waals surface area contributed by atoms with Crippen molar-refractivity contribution in [3.63, 3.8) is 0 Å². The third kappa shape index (κ3) is 2.24. The number of hydrogen-bond donors (Lipinski definition) is 2. The van der Waals surface area contributed by atoms with Crippen LogP contribution in [0.25, 0.3) is 0 Å². The van der Waals surface area contributed by atoms with Gasteiger partial charge < -0.3 is 15.4 Å². The standard InChI is InChI=1S/C8H13N5OS/c1-5-11-12-8(15-5)13-2-3-14-6(4-13)7(9)10/h6H,2-4H2,1H3,(H3,9,10). The average molecular weight is 227 g/mol. The van der Waals surface area contributed by atoms with E-state index in [4.69, 9.17) is 15.9 Å². The topological polar surface area (TPSA) is 88.1 Å². The zero-order valence-electron chi connectivity index (χ0n) is 8.43. The van der Waals surface area contributed by atoms with Gasteiger partial charge in [0, 0.05) is 6.54 Å². The second-order valence-electron chi connectivity index (χ2n) is 3.36. The summed E-state index contributed by atoms with van der Waals surface area (Å²) in [6.45, 7) is 3.86. The molecule has 3 N–H and O–H groups in total. The molecule has 0 aliphatic carbocycles. The predicted molar refractivity (Wildman–Crippen MR) is 58.5 cm³/mol. The van der Waals surface area contributed by atoms with E-state index in [1.807, 2.05) is 6.92 Å². The van der Waals surface area contributed by atoms with Crippen LogP contribution in [-0.4, -0.2) is 41.8 Å². The Morgan fingerprint density at radius 1 is 1.67 bits per heavy atom. The van der Waals surface area contributed by atoms with Crippen molar-refractivity contribution in [2.45, 2.75) is 13.0 Å². The summed E-state index contributed by atoms with van der Waals surface area (Å²) in [6, 6.07) is 0. The molecule has 1 unspecified atom stereocenters. The van der Waals surface area contributed by atoms with E-state index in [0.717, 1.165) is 16.7 Å². The van der Waals surface area contributed by atoms with Gasteiger partial charge in [-0.2, -0.15) is 0 Å². The van der Waals surface area contributed by atoms with Crippen LogP contribution in [0.5, 0.6) is 0 Å². The summed E-state index contributed by atoms with van der Waals surface area (Å²) in [5.41, 5.74) is 5.41. The summed E-state index contributed by atoms with van der Waals surface area (Å²) in [7, 11) is 0. The van der Waals surface area contributed by atoms with Crippen LogP contribution in [0.2, 0.25) is 0 Å². The second-order valence-corrected chi connectivity index (χ2v) is 4.52. The lowest BCUT2D eigenvalue weighted by molar-refractivity contribution is 0.0826. The van der Waals surface area contributed by atoms with Gasteiger partial charge in [0.05, 0.1) is 13.2 Å². The van der Waals surface area contributed by atoms with Gasteiger partial charge in [0.15, 0.2) is 0 Å². The Labute approximate surface area is 91.6 Å². The summed E-state index contributed by atoms with van der Waals surface area (Å²) in [4.78, 5) is 2.06. The van der Waals surface area contributed by atoms with Gasteiger partial charge in [-0.05, 0) is 6.92 Å². The minimum Gasteiger partial charge on any atom is -0.385 e. The molecule has 1 fully saturated rings. The summed E-state index contributed by atoms with van der Waals surface area (Å²) < 4.78 is 5.36. The van der Waals surface area contributed by atoms with E-state index < -0.39 is 0 Å². The Kier molecular flexibility index (Phi) is 2.83. The van der Waals surface area contributed by atoms with Crippen molar-refractivity contribution >= 4 is 22.3 Å². The van der Waals surface area contributed by atoms with Crippen molar-refractivity contribution in [2.75, 3.05) is 24.6 Å². The molecule has 7 heteroatoms. The number of amidine groups is 1. The summed E-state index contributed by atoms with van der Waals surface area (Å²) in [5.74, 6) is 0.0703. The van der Waals surface area contributed by atoms with Crippen molar-refractivity contribution in [1.82, 2.24) is 10.2 Å². The third-order valence-electron chi connectivity index (χ3n) is 2.20. The lowest BCUT2D eigenvalue weighted by atomic mass is 10.2. The molecule has 1 aliphatic heterocycles. The lowest BCUT2D eigenvalue weighted by Gasteiger charge is -2.31. The number of nitrogens with one attached hydrogen (secondary N) is 1. The zero-order valence-corrected chi connectivity index (χ0v) is 9.25. The van der Waals surface area contributed by atoms with Crippen LogP contribution >= 0.6 is 11.3 Å². The molecule has 6 nitrogen and oxygen atoms in total. The molecule has 1 aliphatic rings. The van der Waals surface area contributed by atoms with Crippen LogP contribution in [-0.2, 0) is 4.74 Å². The summed E-state index contributed by atoms with van der Waals surface area (Å²) in [5, 5.41) is 17.2. The Hall–Kier alpha value is -1.21. The normalized spacial score (nSPS) is 21.7. The van der Waals surface area contributed by atoms with Crippen molar-refractivity contribution < 1.29 is 4.74 Å². The lowest BCUT2D eigenvalue weighted by Crippen LogP contribution is -2.48. The Balaban J connectivity index is 2.07. The van der Waals surface area contributed by atoms with Gasteiger partial charge in [0.25, 0.3) is 0 Å². The van der Waals surface area contributed by atoms with E-state index in [9.17, 15) is 0 Å². The number of ether oxygens (including phenoxy) is 1. The quantitative estimate of drug-likeness (QED) is 0.548. The number of aromatic nitrogens is 2. The number of aryl methyl sites for hydroxylation is 1. The number of anilines is 1. The van der Waals surface area contributed by atoms with Crippen LogP contribution in [0.15, 0.2) is 0 Å². The van der Waals surface area contributed by atoms with Gasteiger partial charge in [0.1, 0.15) is 16.9 Å². The van der Waals surface area contributed by atoms with E-state index in [2.05, 4.69) is 15.1 Å². The van der Waals surface area contributed by atoms with Gasteiger partial charge in [-0.15, -0.1) is 10.2 Å². The maximum absolute atomic E-state index is 7.34. The average Bonchev–Trinajstić information content (AvgIpc) is 2.65. The number of hydrogen-bond acceptors (Lipinski definition) is 6. The Morgan fingerprint density at radius 2 is 2.47 bits per heavy atom. The molecule has 0 saturated carbocycles. The summed E-state index contributed by atoms with van der Waals surface area (Å²) in [6.07, 6.45) is -0.317. The first-order valence-electron chi connectivity index (χ1n) is 4.67. The van der Waals surface area contributed by atoms with E-state index in [-0.39, 0.29) is 11.9 Å². The van der Waals surface area contributed by atoms with Crippen LogP contribution in [0, 0.1) is 12.3 Å². The highest BCUT2D eigenvalue weighted by molar-refractivity contribution is 7.15. The maximum atomic E-state index is 7.34. The van der Waals surface area contributed by atoms with Gasteiger partial charge in [-0.3, -0.25) is 5.41 Å². The Bertz CT molecular complexity index is 366. The van der Waals surface area contributed by atoms with Crippen LogP contribution in [0.1, 0.15) is 5.01 Å². The minimum absolute atomic E-state index is 0.0703. The fourth-order valence-corrected chi connectivity index (χ4v) is 2.15. The zero-order chi connectivity index (χ0) is 10.8. The Morgan fingerprint density at radius 3 is 3.07 bits per heavy atom. The number of morpholine rings is 1. The fourth-order valence-electron chi connectivity index (χ4n) is 1.43. The molecular formula is C8H13N5OS. The highest BCUT2D eigenvalue weighted by atomic mass is 32.1. The maximum Gasteiger partial charge on any atom is 0.208 e. The van der Waals surface area contributed by atoms with Gasteiger partial charge in [-0.1, -0.05) is 11.3 Å². The first-order valence-corrected chi connectivity index (χ1v) is 5.49. The first kappa shape index (κ1) is 10.3. The van der Waals surface area contributed by atoms with E-state index in [0.29, 0.717) is 13.2 Å². The first-order chi connectivity index (χ1) is 7.16. The molecule has 1 aromatic heterocycles. The van der Waals surface area contributed by atoms with E-state index in [1.165, 1.54) is 0 Å². The number of nitrogens with zero attached hydrogens (tertiary/aromatic N) is 3. The molecular weight excluding hydrogens is 214 g/mol. The molecule has 2 heterocycles. The number of rotatable bonds is 2. The van der Waals surface area contributed by atoms with Crippen molar-refractivity contribution in [3.05, 3.63) is 5.01 Å². The van der Waals surface area contributed by atoms with Gasteiger partial charge in [0.2, 0.25) is 5.13 Å². The van der Waals surface area contributed by atoms with Crippen LogP contribution < -0.4 is 10.6 Å². The molecule has 15 heavy (non-hydrogen) atoms. The highest BCUT2D eigenvalue weighted by Crippen LogP contribution is 2.21. The molecule has 82 valence electrons. The molecule has 0 amide bonds. The molecule has 0 aromatic carbocycles. The van der Waals surface area contributed by atoms with Gasteiger partial charge >= 0.3 is 0 Å². The van der Waals surface area contributed by atoms with Crippen LogP contribution in [0.4, 0.5) is 5.13 Å². The van der Waals surface area contributed by atoms with Crippen molar-refractivity contribution in [3.8, 4) is 0 Å².